The molecular weight excluding hydrogens is 278 g/mol. The van der Waals surface area contributed by atoms with Gasteiger partial charge in [0, 0.05) is 6.20 Å². The number of hydrogen-bond donors (Lipinski definition) is 1. The summed E-state index contributed by atoms with van der Waals surface area (Å²) < 4.78 is 25.8. The number of allylic oxidation sites excluding steroid dienone is 3. The SMILES string of the molecule is CC1(S(=O)(=O)n2ccc3c(=O)[nH]ncc32)C=CC=CC1. The monoisotopic (exact) mass is 291 g/mol. The van der Waals surface area contributed by atoms with Gasteiger partial charge in [0.1, 0.15) is 4.75 Å². The summed E-state index contributed by atoms with van der Waals surface area (Å²) >= 11 is 0. The van der Waals surface area contributed by atoms with Gasteiger partial charge in [-0.05, 0) is 19.4 Å². The number of hydrogen-bond acceptors (Lipinski definition) is 4. The van der Waals surface area contributed by atoms with E-state index in [-0.39, 0.29) is 5.52 Å². The summed E-state index contributed by atoms with van der Waals surface area (Å²) in [7, 11) is -3.68. The quantitative estimate of drug-likeness (QED) is 0.900. The Bertz CT molecular complexity index is 889. The van der Waals surface area contributed by atoms with Gasteiger partial charge in [0.25, 0.3) is 5.56 Å². The highest BCUT2D eigenvalue weighted by atomic mass is 32.2. The fourth-order valence-electron chi connectivity index (χ4n) is 2.29. The van der Waals surface area contributed by atoms with Crippen LogP contribution < -0.4 is 5.56 Å². The summed E-state index contributed by atoms with van der Waals surface area (Å²) in [6.45, 7) is 1.66. The fourth-order valence-corrected chi connectivity index (χ4v) is 3.92. The van der Waals surface area contributed by atoms with Crippen LogP contribution in [0.15, 0.2) is 47.6 Å². The first-order chi connectivity index (χ1) is 9.46. The molecule has 0 radical (unpaired) electrons. The van der Waals surface area contributed by atoms with E-state index < -0.39 is 20.3 Å². The molecule has 3 rings (SSSR count). The second kappa shape index (κ2) is 4.17. The van der Waals surface area contributed by atoms with E-state index in [0.29, 0.717) is 11.8 Å². The molecule has 0 saturated carbocycles. The minimum Gasteiger partial charge on any atom is -0.267 e. The van der Waals surface area contributed by atoms with Crippen LogP contribution in [0.2, 0.25) is 0 Å². The van der Waals surface area contributed by atoms with Crippen molar-refractivity contribution in [2.24, 2.45) is 0 Å². The van der Waals surface area contributed by atoms with Gasteiger partial charge in [-0.15, -0.1) is 0 Å². The average molecular weight is 291 g/mol. The molecule has 0 bridgehead atoms. The number of nitrogens with one attached hydrogen (secondary N) is 1. The lowest BCUT2D eigenvalue weighted by molar-refractivity contribution is 0.555. The van der Waals surface area contributed by atoms with Gasteiger partial charge >= 0.3 is 0 Å². The van der Waals surface area contributed by atoms with Gasteiger partial charge in [0.15, 0.2) is 0 Å². The number of rotatable bonds is 2. The highest BCUT2D eigenvalue weighted by Gasteiger charge is 2.38. The van der Waals surface area contributed by atoms with E-state index in [1.807, 2.05) is 12.2 Å². The molecule has 6 nitrogen and oxygen atoms in total. The van der Waals surface area contributed by atoms with Crippen LogP contribution in [0.25, 0.3) is 10.9 Å². The molecule has 20 heavy (non-hydrogen) atoms. The number of aromatic nitrogens is 3. The zero-order chi connectivity index (χ0) is 14.4. The second-order valence-corrected chi connectivity index (χ2v) is 7.19. The van der Waals surface area contributed by atoms with Crippen molar-refractivity contribution in [3.63, 3.8) is 0 Å². The lowest BCUT2D eigenvalue weighted by atomic mass is 10.0. The molecule has 1 aliphatic rings. The zero-order valence-electron chi connectivity index (χ0n) is 10.8. The lowest BCUT2D eigenvalue weighted by Crippen LogP contribution is -2.37. The number of nitrogens with zero attached hydrogens (tertiary/aromatic N) is 2. The van der Waals surface area contributed by atoms with E-state index in [1.54, 1.807) is 19.1 Å². The lowest BCUT2D eigenvalue weighted by Gasteiger charge is -2.27. The Balaban J connectivity index is 2.25. The van der Waals surface area contributed by atoms with Crippen molar-refractivity contribution in [3.8, 4) is 0 Å². The third kappa shape index (κ3) is 1.66. The minimum absolute atomic E-state index is 0.290. The van der Waals surface area contributed by atoms with E-state index in [4.69, 9.17) is 0 Å². The van der Waals surface area contributed by atoms with Gasteiger partial charge in [-0.25, -0.2) is 17.5 Å². The maximum Gasteiger partial charge on any atom is 0.273 e. The van der Waals surface area contributed by atoms with Gasteiger partial charge in [0.2, 0.25) is 10.0 Å². The van der Waals surface area contributed by atoms with Crippen molar-refractivity contribution in [2.75, 3.05) is 0 Å². The Hall–Kier alpha value is -2.15. The average Bonchev–Trinajstić information content (AvgIpc) is 2.85. The maximum absolute atomic E-state index is 12.8. The van der Waals surface area contributed by atoms with Crippen LogP contribution in [-0.2, 0) is 10.0 Å². The standard InChI is InChI=1S/C13H13N3O3S/c1-13(6-3-2-4-7-13)20(18,19)16-8-5-10-11(16)9-14-15-12(10)17/h2-6,8-9H,7H2,1H3,(H,15,17). The van der Waals surface area contributed by atoms with Gasteiger partial charge in [0.05, 0.1) is 17.1 Å². The topological polar surface area (TPSA) is 84.8 Å². The van der Waals surface area contributed by atoms with Crippen LogP contribution in [0.3, 0.4) is 0 Å². The Morgan fingerprint density at radius 1 is 1.40 bits per heavy atom. The van der Waals surface area contributed by atoms with Crippen molar-refractivity contribution in [1.82, 2.24) is 14.2 Å². The Kier molecular flexibility index (Phi) is 2.68. The molecule has 7 heteroatoms. The van der Waals surface area contributed by atoms with Crippen LogP contribution in [0.5, 0.6) is 0 Å². The van der Waals surface area contributed by atoms with Gasteiger partial charge in [-0.1, -0.05) is 24.3 Å². The summed E-state index contributed by atoms with van der Waals surface area (Å²) in [5, 5.41) is 6.27. The number of aromatic amines is 1. The largest absolute Gasteiger partial charge is 0.273 e. The van der Waals surface area contributed by atoms with E-state index in [2.05, 4.69) is 10.2 Å². The van der Waals surface area contributed by atoms with Gasteiger partial charge in [-0.3, -0.25) is 4.79 Å². The summed E-state index contributed by atoms with van der Waals surface area (Å²) in [5.41, 5.74) is -0.112. The third-order valence-corrected chi connectivity index (χ3v) is 5.87. The fraction of sp³-hybridized carbons (Fsp3) is 0.231. The predicted octanol–water partition coefficient (Wildman–Crippen LogP) is 1.18. The van der Waals surface area contributed by atoms with Crippen molar-refractivity contribution in [2.45, 2.75) is 18.1 Å². The molecule has 0 amide bonds. The molecule has 0 saturated heterocycles. The Morgan fingerprint density at radius 2 is 2.20 bits per heavy atom. The summed E-state index contributed by atoms with van der Waals surface area (Å²) in [5.74, 6) is 0. The number of H-pyrrole nitrogens is 1. The van der Waals surface area contributed by atoms with Crippen LogP contribution in [0, 0.1) is 0 Å². The molecule has 2 heterocycles. The first-order valence-corrected chi connectivity index (χ1v) is 7.54. The first kappa shape index (κ1) is 12.9. The third-order valence-electron chi connectivity index (χ3n) is 3.55. The molecule has 1 atom stereocenters. The van der Waals surface area contributed by atoms with Gasteiger partial charge < -0.3 is 0 Å². The second-order valence-electron chi connectivity index (χ2n) is 4.92. The summed E-state index contributed by atoms with van der Waals surface area (Å²) in [6, 6.07) is 1.49. The highest BCUT2D eigenvalue weighted by molar-refractivity contribution is 7.91. The molecule has 1 unspecified atom stereocenters. The van der Waals surface area contributed by atoms with E-state index >= 15 is 0 Å². The molecule has 0 spiro atoms. The van der Waals surface area contributed by atoms with Gasteiger partial charge in [-0.2, -0.15) is 5.10 Å². The normalized spacial score (nSPS) is 22.4. The molecular formula is C13H13N3O3S. The molecule has 104 valence electrons. The van der Waals surface area contributed by atoms with Crippen molar-refractivity contribution < 1.29 is 8.42 Å². The molecule has 2 aromatic rings. The van der Waals surface area contributed by atoms with Crippen LogP contribution in [0.1, 0.15) is 13.3 Å². The summed E-state index contributed by atoms with van der Waals surface area (Å²) in [4.78, 5) is 11.6. The number of fused-ring (bicyclic) bond motifs is 1. The molecule has 1 aliphatic carbocycles. The molecule has 0 fully saturated rings. The van der Waals surface area contributed by atoms with Crippen LogP contribution in [0.4, 0.5) is 0 Å². The van der Waals surface area contributed by atoms with Crippen LogP contribution >= 0.6 is 0 Å². The van der Waals surface area contributed by atoms with Crippen molar-refractivity contribution >= 4 is 20.9 Å². The first-order valence-electron chi connectivity index (χ1n) is 6.10. The maximum atomic E-state index is 12.8. The van der Waals surface area contributed by atoms with E-state index in [0.717, 1.165) is 3.97 Å². The van der Waals surface area contributed by atoms with Crippen LogP contribution in [-0.4, -0.2) is 27.3 Å². The molecule has 0 aromatic carbocycles. The smallest absolute Gasteiger partial charge is 0.267 e. The van der Waals surface area contributed by atoms with E-state index in [9.17, 15) is 13.2 Å². The Morgan fingerprint density at radius 3 is 2.90 bits per heavy atom. The minimum atomic E-state index is -3.68. The zero-order valence-corrected chi connectivity index (χ0v) is 11.6. The molecule has 2 aromatic heterocycles. The van der Waals surface area contributed by atoms with Crippen molar-refractivity contribution in [1.29, 1.82) is 0 Å². The van der Waals surface area contributed by atoms with E-state index in [1.165, 1.54) is 18.5 Å². The predicted molar refractivity (Wildman–Crippen MR) is 76.0 cm³/mol. The van der Waals surface area contributed by atoms with Crippen molar-refractivity contribution in [3.05, 3.63) is 53.1 Å². The summed E-state index contributed by atoms with van der Waals surface area (Å²) in [6.07, 6.45) is 10.1. The Labute approximate surface area is 115 Å². The molecule has 1 N–H and O–H groups in total. The highest BCUT2D eigenvalue weighted by Crippen LogP contribution is 2.30. The molecule has 0 aliphatic heterocycles.